The Morgan fingerprint density at radius 1 is 1.45 bits per heavy atom. The SMILES string of the molecule is COCC1CCN(C(=O)N(C)C2COCC2C(=O)O)C1. The van der Waals surface area contributed by atoms with E-state index in [-0.39, 0.29) is 25.3 Å². The summed E-state index contributed by atoms with van der Waals surface area (Å²) in [6.45, 7) is 2.47. The molecular weight excluding hydrogens is 264 g/mol. The number of urea groups is 1. The molecule has 114 valence electrons. The molecule has 20 heavy (non-hydrogen) atoms. The molecule has 0 aromatic carbocycles. The molecule has 0 aromatic rings. The van der Waals surface area contributed by atoms with Crippen LogP contribution in [0.15, 0.2) is 0 Å². The smallest absolute Gasteiger partial charge is 0.320 e. The molecule has 2 saturated heterocycles. The van der Waals surface area contributed by atoms with Gasteiger partial charge in [-0.2, -0.15) is 0 Å². The van der Waals surface area contributed by atoms with Gasteiger partial charge in [0.25, 0.3) is 0 Å². The summed E-state index contributed by atoms with van der Waals surface area (Å²) >= 11 is 0. The number of amides is 2. The highest BCUT2D eigenvalue weighted by molar-refractivity contribution is 5.77. The fourth-order valence-electron chi connectivity index (χ4n) is 2.90. The number of hydrogen-bond acceptors (Lipinski definition) is 4. The summed E-state index contributed by atoms with van der Waals surface area (Å²) in [7, 11) is 3.31. The summed E-state index contributed by atoms with van der Waals surface area (Å²) in [4.78, 5) is 26.8. The molecule has 0 aliphatic carbocycles. The van der Waals surface area contributed by atoms with Crippen molar-refractivity contribution in [2.45, 2.75) is 12.5 Å². The molecular formula is C13H22N2O5. The van der Waals surface area contributed by atoms with E-state index in [0.717, 1.165) is 6.42 Å². The van der Waals surface area contributed by atoms with Gasteiger partial charge in [-0.1, -0.05) is 0 Å². The Labute approximate surface area is 118 Å². The van der Waals surface area contributed by atoms with Crippen molar-refractivity contribution in [3.63, 3.8) is 0 Å². The molecule has 2 amide bonds. The first kappa shape index (κ1) is 15.1. The number of ether oxygens (including phenoxy) is 2. The van der Waals surface area contributed by atoms with Crippen LogP contribution in [-0.2, 0) is 14.3 Å². The van der Waals surface area contributed by atoms with E-state index in [0.29, 0.717) is 25.6 Å². The van der Waals surface area contributed by atoms with E-state index in [4.69, 9.17) is 14.6 Å². The van der Waals surface area contributed by atoms with Crippen molar-refractivity contribution < 1.29 is 24.2 Å². The predicted molar refractivity (Wildman–Crippen MR) is 70.4 cm³/mol. The molecule has 7 nitrogen and oxygen atoms in total. The van der Waals surface area contributed by atoms with Gasteiger partial charge in [-0.3, -0.25) is 4.79 Å². The van der Waals surface area contributed by atoms with Crippen LogP contribution in [0, 0.1) is 11.8 Å². The number of hydrogen-bond donors (Lipinski definition) is 1. The lowest BCUT2D eigenvalue weighted by Gasteiger charge is -2.30. The Morgan fingerprint density at radius 2 is 2.20 bits per heavy atom. The monoisotopic (exact) mass is 286 g/mol. The van der Waals surface area contributed by atoms with E-state index in [1.54, 1.807) is 19.1 Å². The van der Waals surface area contributed by atoms with Gasteiger partial charge in [0, 0.05) is 33.2 Å². The van der Waals surface area contributed by atoms with Gasteiger partial charge in [0.15, 0.2) is 0 Å². The summed E-state index contributed by atoms with van der Waals surface area (Å²) in [6, 6.07) is -0.508. The molecule has 7 heteroatoms. The number of methoxy groups -OCH3 is 1. The molecule has 0 saturated carbocycles. The Balaban J connectivity index is 1.93. The second-order valence-corrected chi connectivity index (χ2v) is 5.50. The maximum atomic E-state index is 12.4. The zero-order chi connectivity index (χ0) is 14.7. The molecule has 2 fully saturated rings. The molecule has 0 spiro atoms. The minimum atomic E-state index is -0.911. The number of aliphatic carboxylic acids is 1. The van der Waals surface area contributed by atoms with Gasteiger partial charge in [0.2, 0.25) is 0 Å². The third-order valence-corrected chi connectivity index (χ3v) is 4.13. The number of nitrogens with zero attached hydrogens (tertiary/aromatic N) is 2. The summed E-state index contributed by atoms with van der Waals surface area (Å²) in [5, 5.41) is 9.14. The quantitative estimate of drug-likeness (QED) is 0.793. The number of carboxylic acid groups (broad SMARTS) is 1. The van der Waals surface area contributed by atoms with Crippen molar-refractivity contribution in [2.75, 3.05) is 47.1 Å². The van der Waals surface area contributed by atoms with Crippen LogP contribution in [0.3, 0.4) is 0 Å². The molecule has 2 rings (SSSR count). The van der Waals surface area contributed by atoms with Crippen LogP contribution in [0.4, 0.5) is 4.79 Å². The first-order chi connectivity index (χ1) is 9.54. The number of likely N-dealkylation sites (N-methyl/N-ethyl adjacent to an activating group) is 1. The third kappa shape index (κ3) is 3.04. The van der Waals surface area contributed by atoms with Crippen LogP contribution in [0.1, 0.15) is 6.42 Å². The molecule has 3 atom stereocenters. The van der Waals surface area contributed by atoms with Crippen molar-refractivity contribution >= 4 is 12.0 Å². The third-order valence-electron chi connectivity index (χ3n) is 4.13. The maximum absolute atomic E-state index is 12.4. The minimum Gasteiger partial charge on any atom is -0.481 e. The molecule has 2 aliphatic heterocycles. The van der Waals surface area contributed by atoms with Gasteiger partial charge in [0.05, 0.1) is 25.9 Å². The Bertz CT molecular complexity index is 376. The molecule has 1 N–H and O–H groups in total. The Morgan fingerprint density at radius 3 is 2.85 bits per heavy atom. The highest BCUT2D eigenvalue weighted by Crippen LogP contribution is 2.23. The number of carbonyl (C=O) groups is 2. The van der Waals surface area contributed by atoms with Crippen LogP contribution in [0.2, 0.25) is 0 Å². The van der Waals surface area contributed by atoms with Crippen molar-refractivity contribution in [3.05, 3.63) is 0 Å². The fourth-order valence-corrected chi connectivity index (χ4v) is 2.90. The number of rotatable bonds is 4. The highest BCUT2D eigenvalue weighted by atomic mass is 16.5. The average Bonchev–Trinajstić information content (AvgIpc) is 3.06. The van der Waals surface area contributed by atoms with Crippen LogP contribution in [-0.4, -0.2) is 80.0 Å². The molecule has 0 bridgehead atoms. The Hall–Kier alpha value is -1.34. The number of carbonyl (C=O) groups excluding carboxylic acids is 1. The molecule has 2 aliphatic rings. The van der Waals surface area contributed by atoms with E-state index in [9.17, 15) is 9.59 Å². The molecule has 3 unspecified atom stereocenters. The van der Waals surface area contributed by atoms with E-state index >= 15 is 0 Å². The Kier molecular flexibility index (Phi) is 4.82. The van der Waals surface area contributed by atoms with Gasteiger partial charge < -0.3 is 24.4 Å². The second kappa shape index (κ2) is 6.41. The van der Waals surface area contributed by atoms with E-state index < -0.39 is 11.9 Å². The predicted octanol–water partition coefficient (Wildman–Crippen LogP) is 0.106. The van der Waals surface area contributed by atoms with Crippen LogP contribution >= 0.6 is 0 Å². The van der Waals surface area contributed by atoms with Gasteiger partial charge in [-0.05, 0) is 6.42 Å². The molecule has 0 radical (unpaired) electrons. The fraction of sp³-hybridized carbons (Fsp3) is 0.846. The van der Waals surface area contributed by atoms with Gasteiger partial charge >= 0.3 is 12.0 Å². The largest absolute Gasteiger partial charge is 0.481 e. The zero-order valence-electron chi connectivity index (χ0n) is 11.9. The van der Waals surface area contributed by atoms with Crippen molar-refractivity contribution in [1.82, 2.24) is 9.80 Å². The summed E-state index contributed by atoms with van der Waals surface area (Å²) < 4.78 is 10.3. The van der Waals surface area contributed by atoms with E-state index in [1.807, 2.05) is 0 Å². The normalized spacial score (nSPS) is 29.7. The van der Waals surface area contributed by atoms with Crippen LogP contribution in [0.5, 0.6) is 0 Å². The standard InChI is InChI=1S/C13H22N2O5/c1-14(11-8-20-7-10(11)12(16)17)13(18)15-4-3-9(5-15)6-19-2/h9-11H,3-8H2,1-2H3,(H,16,17). The lowest BCUT2D eigenvalue weighted by Crippen LogP contribution is -2.49. The van der Waals surface area contributed by atoms with Crippen LogP contribution in [0.25, 0.3) is 0 Å². The van der Waals surface area contributed by atoms with E-state index in [1.165, 1.54) is 4.90 Å². The molecule has 2 heterocycles. The van der Waals surface area contributed by atoms with Crippen molar-refractivity contribution in [2.24, 2.45) is 11.8 Å². The average molecular weight is 286 g/mol. The lowest BCUT2D eigenvalue weighted by atomic mass is 10.0. The highest BCUT2D eigenvalue weighted by Gasteiger charge is 2.40. The maximum Gasteiger partial charge on any atom is 0.320 e. The number of likely N-dealkylation sites (tertiary alicyclic amines) is 1. The topological polar surface area (TPSA) is 79.3 Å². The summed E-state index contributed by atoms with van der Waals surface area (Å²) in [6.07, 6.45) is 0.928. The number of carboxylic acids is 1. The summed E-state index contributed by atoms with van der Waals surface area (Å²) in [5.74, 6) is -1.18. The van der Waals surface area contributed by atoms with E-state index in [2.05, 4.69) is 0 Å². The summed E-state index contributed by atoms with van der Waals surface area (Å²) in [5.41, 5.74) is 0. The lowest BCUT2D eigenvalue weighted by molar-refractivity contribution is -0.142. The second-order valence-electron chi connectivity index (χ2n) is 5.50. The van der Waals surface area contributed by atoms with Gasteiger partial charge in [-0.15, -0.1) is 0 Å². The first-order valence-corrected chi connectivity index (χ1v) is 6.85. The van der Waals surface area contributed by atoms with Crippen molar-refractivity contribution in [1.29, 1.82) is 0 Å². The van der Waals surface area contributed by atoms with Crippen LogP contribution < -0.4 is 0 Å². The minimum absolute atomic E-state index is 0.120. The zero-order valence-corrected chi connectivity index (χ0v) is 11.9. The van der Waals surface area contributed by atoms with Gasteiger partial charge in [-0.25, -0.2) is 4.79 Å². The molecule has 0 aromatic heterocycles. The van der Waals surface area contributed by atoms with Crippen molar-refractivity contribution in [3.8, 4) is 0 Å². The van der Waals surface area contributed by atoms with Gasteiger partial charge in [0.1, 0.15) is 5.92 Å². The first-order valence-electron chi connectivity index (χ1n) is 6.85.